The topological polar surface area (TPSA) is 73.2 Å². The minimum absolute atomic E-state index is 0.258. The van der Waals surface area contributed by atoms with Crippen LogP contribution >= 0.6 is 0 Å². The standard InChI is InChI=1S/C13H13N3O2/c1-16-12(17)10-5-4-9(8-11(10)13(16)18)15-7-3-2-6-14/h4-5,8,15H,2-3,7H2,1H3. The predicted molar refractivity (Wildman–Crippen MR) is 66.2 cm³/mol. The highest BCUT2D eigenvalue weighted by Gasteiger charge is 2.32. The second-order valence-electron chi connectivity index (χ2n) is 4.12. The fraction of sp³-hybridized carbons (Fsp3) is 0.308. The minimum Gasteiger partial charge on any atom is -0.385 e. The Balaban J connectivity index is 2.12. The molecule has 0 aliphatic carbocycles. The Hall–Kier alpha value is -2.35. The zero-order valence-corrected chi connectivity index (χ0v) is 10.1. The molecule has 5 nitrogen and oxygen atoms in total. The molecule has 1 aromatic carbocycles. The van der Waals surface area contributed by atoms with E-state index in [1.807, 2.05) is 0 Å². The van der Waals surface area contributed by atoms with Crippen molar-refractivity contribution in [3.05, 3.63) is 29.3 Å². The number of fused-ring (bicyclic) bond motifs is 1. The quantitative estimate of drug-likeness (QED) is 0.644. The average molecular weight is 243 g/mol. The van der Waals surface area contributed by atoms with Crippen LogP contribution < -0.4 is 5.32 Å². The van der Waals surface area contributed by atoms with Crippen molar-refractivity contribution in [3.63, 3.8) is 0 Å². The van der Waals surface area contributed by atoms with Crippen molar-refractivity contribution in [1.29, 1.82) is 5.26 Å². The molecule has 1 N–H and O–H groups in total. The van der Waals surface area contributed by atoms with E-state index in [-0.39, 0.29) is 11.8 Å². The van der Waals surface area contributed by atoms with Crippen LogP contribution in [-0.4, -0.2) is 30.3 Å². The number of rotatable bonds is 4. The van der Waals surface area contributed by atoms with Crippen LogP contribution in [-0.2, 0) is 0 Å². The van der Waals surface area contributed by atoms with Gasteiger partial charge in [0.25, 0.3) is 11.8 Å². The van der Waals surface area contributed by atoms with Gasteiger partial charge >= 0.3 is 0 Å². The molecule has 0 aromatic heterocycles. The van der Waals surface area contributed by atoms with E-state index >= 15 is 0 Å². The number of nitrogens with zero attached hydrogens (tertiary/aromatic N) is 2. The number of amides is 2. The largest absolute Gasteiger partial charge is 0.385 e. The SMILES string of the molecule is CN1C(=O)c2ccc(NCCCC#N)cc2C1=O. The van der Waals surface area contributed by atoms with E-state index in [0.29, 0.717) is 24.1 Å². The van der Waals surface area contributed by atoms with Gasteiger partial charge in [0.2, 0.25) is 0 Å². The number of nitriles is 1. The first-order valence-electron chi connectivity index (χ1n) is 5.72. The Morgan fingerprint density at radius 2 is 2.00 bits per heavy atom. The van der Waals surface area contributed by atoms with Crippen molar-refractivity contribution in [2.75, 3.05) is 18.9 Å². The summed E-state index contributed by atoms with van der Waals surface area (Å²) >= 11 is 0. The van der Waals surface area contributed by atoms with E-state index in [2.05, 4.69) is 11.4 Å². The number of hydrogen-bond acceptors (Lipinski definition) is 4. The summed E-state index contributed by atoms with van der Waals surface area (Å²) in [6.45, 7) is 0.671. The first-order chi connectivity index (χ1) is 8.65. The number of anilines is 1. The number of carbonyl (C=O) groups excluding carboxylic acids is 2. The summed E-state index contributed by atoms with van der Waals surface area (Å²) in [5, 5.41) is 11.5. The zero-order chi connectivity index (χ0) is 13.1. The fourth-order valence-electron chi connectivity index (χ4n) is 1.87. The molecule has 0 unspecified atom stereocenters. The van der Waals surface area contributed by atoms with Crippen LogP contribution in [0.25, 0.3) is 0 Å². The lowest BCUT2D eigenvalue weighted by molar-refractivity contribution is 0.0693. The molecule has 0 radical (unpaired) electrons. The van der Waals surface area contributed by atoms with E-state index in [0.717, 1.165) is 17.0 Å². The van der Waals surface area contributed by atoms with Gasteiger partial charge in [-0.1, -0.05) is 0 Å². The molecule has 1 aromatic rings. The molecule has 2 amide bonds. The van der Waals surface area contributed by atoms with Crippen molar-refractivity contribution < 1.29 is 9.59 Å². The van der Waals surface area contributed by atoms with Crippen molar-refractivity contribution in [2.45, 2.75) is 12.8 Å². The molecule has 0 saturated heterocycles. The highest BCUT2D eigenvalue weighted by Crippen LogP contribution is 2.24. The van der Waals surface area contributed by atoms with E-state index in [1.54, 1.807) is 18.2 Å². The molecule has 0 saturated carbocycles. The third-order valence-corrected chi connectivity index (χ3v) is 2.88. The van der Waals surface area contributed by atoms with Crippen LogP contribution in [0, 0.1) is 11.3 Å². The van der Waals surface area contributed by atoms with Crippen molar-refractivity contribution in [2.24, 2.45) is 0 Å². The fourth-order valence-corrected chi connectivity index (χ4v) is 1.87. The van der Waals surface area contributed by atoms with Crippen molar-refractivity contribution in [3.8, 4) is 6.07 Å². The van der Waals surface area contributed by atoms with E-state index in [9.17, 15) is 9.59 Å². The first kappa shape index (κ1) is 12.1. The first-order valence-corrected chi connectivity index (χ1v) is 5.72. The number of nitrogens with one attached hydrogen (secondary N) is 1. The van der Waals surface area contributed by atoms with Gasteiger partial charge in [0.05, 0.1) is 17.2 Å². The maximum absolute atomic E-state index is 11.8. The van der Waals surface area contributed by atoms with E-state index in [4.69, 9.17) is 5.26 Å². The molecular weight excluding hydrogens is 230 g/mol. The Morgan fingerprint density at radius 3 is 2.72 bits per heavy atom. The molecule has 1 heterocycles. The summed E-state index contributed by atoms with van der Waals surface area (Å²) in [6.07, 6.45) is 1.25. The van der Waals surface area contributed by atoms with E-state index < -0.39 is 0 Å². The van der Waals surface area contributed by atoms with E-state index in [1.165, 1.54) is 7.05 Å². The van der Waals surface area contributed by atoms with Gasteiger partial charge < -0.3 is 5.32 Å². The Labute approximate surface area is 105 Å². The normalized spacial score (nSPS) is 13.4. The molecule has 0 fully saturated rings. The highest BCUT2D eigenvalue weighted by atomic mass is 16.2. The Kier molecular flexibility index (Phi) is 3.28. The predicted octanol–water partition coefficient (Wildman–Crippen LogP) is 1.63. The average Bonchev–Trinajstić information content (AvgIpc) is 2.60. The maximum Gasteiger partial charge on any atom is 0.261 e. The summed E-state index contributed by atoms with van der Waals surface area (Å²) in [4.78, 5) is 24.6. The summed E-state index contributed by atoms with van der Waals surface area (Å²) in [5.41, 5.74) is 1.68. The lowest BCUT2D eigenvalue weighted by atomic mass is 10.1. The summed E-state index contributed by atoms with van der Waals surface area (Å²) in [5.74, 6) is -0.526. The Bertz CT molecular complexity index is 546. The molecule has 5 heteroatoms. The number of carbonyl (C=O) groups is 2. The third kappa shape index (κ3) is 2.05. The minimum atomic E-state index is -0.268. The molecule has 18 heavy (non-hydrogen) atoms. The van der Waals surface area contributed by atoms with Crippen molar-refractivity contribution >= 4 is 17.5 Å². The molecule has 0 spiro atoms. The maximum atomic E-state index is 11.8. The number of benzene rings is 1. The van der Waals surface area contributed by atoms with Crippen LogP contribution in [0.5, 0.6) is 0 Å². The smallest absolute Gasteiger partial charge is 0.261 e. The second-order valence-corrected chi connectivity index (χ2v) is 4.12. The lowest BCUT2D eigenvalue weighted by Gasteiger charge is -2.05. The van der Waals surface area contributed by atoms with Gasteiger partial charge in [0.15, 0.2) is 0 Å². The lowest BCUT2D eigenvalue weighted by Crippen LogP contribution is -2.24. The monoisotopic (exact) mass is 243 g/mol. The number of imide groups is 1. The zero-order valence-electron chi connectivity index (χ0n) is 10.1. The Morgan fingerprint density at radius 1 is 1.28 bits per heavy atom. The molecule has 0 atom stereocenters. The second kappa shape index (κ2) is 4.88. The van der Waals surface area contributed by atoms with Gasteiger partial charge in [-0.2, -0.15) is 5.26 Å². The van der Waals surface area contributed by atoms with Crippen LogP contribution in [0.4, 0.5) is 5.69 Å². The van der Waals surface area contributed by atoms with Crippen LogP contribution in [0.15, 0.2) is 18.2 Å². The van der Waals surface area contributed by atoms with Crippen LogP contribution in [0.3, 0.4) is 0 Å². The van der Waals surface area contributed by atoms with Gasteiger partial charge in [-0.15, -0.1) is 0 Å². The van der Waals surface area contributed by atoms with Gasteiger partial charge in [0.1, 0.15) is 0 Å². The molecular formula is C13H13N3O2. The molecule has 0 bridgehead atoms. The van der Waals surface area contributed by atoms with Gasteiger partial charge in [-0.3, -0.25) is 14.5 Å². The van der Waals surface area contributed by atoms with Crippen molar-refractivity contribution in [1.82, 2.24) is 4.90 Å². The van der Waals surface area contributed by atoms with Crippen LogP contribution in [0.2, 0.25) is 0 Å². The molecule has 92 valence electrons. The van der Waals surface area contributed by atoms with Gasteiger partial charge in [0, 0.05) is 25.7 Å². The third-order valence-electron chi connectivity index (χ3n) is 2.88. The summed E-state index contributed by atoms with van der Waals surface area (Å²) < 4.78 is 0. The number of hydrogen-bond donors (Lipinski definition) is 1. The highest BCUT2D eigenvalue weighted by molar-refractivity contribution is 6.21. The van der Waals surface area contributed by atoms with Gasteiger partial charge in [-0.05, 0) is 24.6 Å². The summed E-state index contributed by atoms with van der Waals surface area (Å²) in [6, 6.07) is 7.19. The number of unbranched alkanes of at least 4 members (excludes halogenated alkanes) is 1. The van der Waals surface area contributed by atoms with Crippen LogP contribution in [0.1, 0.15) is 33.6 Å². The summed E-state index contributed by atoms with van der Waals surface area (Å²) in [7, 11) is 1.48. The molecule has 2 rings (SSSR count). The molecule has 1 aliphatic rings. The van der Waals surface area contributed by atoms with Gasteiger partial charge in [-0.25, -0.2) is 0 Å². The molecule has 1 aliphatic heterocycles.